The van der Waals surface area contributed by atoms with Crippen LogP contribution in [-0.4, -0.2) is 137 Å². The normalized spacial score (nSPS) is 22.3. The Labute approximate surface area is 766 Å². The van der Waals surface area contributed by atoms with Gasteiger partial charge in [0.1, 0.15) is 24.0 Å². The number of ether oxygens (including phenoxy) is 5. The highest BCUT2D eigenvalue weighted by Crippen LogP contribution is 2.39. The van der Waals surface area contributed by atoms with Crippen molar-refractivity contribution in [3.63, 3.8) is 0 Å². The number of allylic oxidation sites excluding steroid dienone is 5. The van der Waals surface area contributed by atoms with Crippen LogP contribution in [0.25, 0.3) is 0 Å². The summed E-state index contributed by atoms with van der Waals surface area (Å²) in [4.78, 5) is 65.7. The Morgan fingerprint density at radius 1 is 0.541 bits per heavy atom. The van der Waals surface area contributed by atoms with Gasteiger partial charge < -0.3 is 43.9 Å². The number of cyclic esters (lactones) is 1. The SMILES string of the molecule is CC#CC#CC#CC#CC#CC#CC#CC#CC#CC#CC#CC#CC#CC#CC#CC#CC#CC#CC#CC#CC#CC#CC#CC.CCCC/C=C/C[C@@H]1/C=C(\C)C[C@H](C)C[C@H](OC)[C@H]2O[C@@](O)(C(=O)C(=O)N3CCCC[C@H]3C(=O)O[C@H](/C(C)=C/[C@@H]3CC[C@@H](O)[C@H](OC)C3)[C@H](C)[C@@H](O)CC1=O)[C@H](C)C[C@@H]2OC.OOOOOONOOOOOO.[HH].[HH].[HH].[HH].[HH].[HH].[HH].[HH].[HH].[HH].[HH].[HH].[HH].[HH].[HH].[HH].[HH].[HH].[HH].[HH].[HH].[HH].[HH].[HH].[HH].[HH].[HH].[HH].[HH].[HH].[HH].[HH].[HH].[HH].[HH]. The molecule has 2 saturated heterocycles. The zero-order valence-corrected chi connectivity index (χ0v) is 68.9. The molecule has 1 saturated carbocycles. The molecular weight excluding hydrogens is 1570 g/mol. The average molecular weight is 1720 g/mol. The summed E-state index contributed by atoms with van der Waals surface area (Å²) in [6.07, 6.45) is 10.7. The zero-order chi connectivity index (χ0) is 89.3. The number of amides is 1. The second-order valence-electron chi connectivity index (χ2n) is 25.4. The molecule has 0 aromatic carbocycles. The molecule has 26 nitrogen and oxygen atoms in total. The van der Waals surface area contributed by atoms with Crippen LogP contribution in [0.1, 0.15) is 195 Å². The van der Waals surface area contributed by atoms with Crippen LogP contribution < -0.4 is 5.64 Å². The van der Waals surface area contributed by atoms with Gasteiger partial charge in [0.15, 0.2) is 0 Å². The van der Waals surface area contributed by atoms with Gasteiger partial charge in [-0.2, -0.15) is 0 Å². The van der Waals surface area contributed by atoms with Crippen molar-refractivity contribution in [3.05, 3.63) is 35.5 Å². The number of unbranched alkanes of at least 4 members (excludes halogenated alkanes) is 2. The quantitative estimate of drug-likeness (QED) is 0.0125. The number of hydrogen-bond donors (Lipinski definition) is 6. The third-order valence-corrected chi connectivity index (χ3v) is 17.0. The van der Waals surface area contributed by atoms with Gasteiger partial charge in [-0.15, -0.1) is 0 Å². The smallest absolute Gasteiger partial charge is 0.329 e. The number of Topliss-reactive ketones (excluding diaryl/α,β-unsaturated/α-hetero) is 2. The Kier molecular flexibility index (Phi) is 58.7. The fraction of sp³-hybridized carbons (Fsp3) is 0.417. The number of esters is 1. The van der Waals surface area contributed by atoms with Gasteiger partial charge in [-0.1, -0.05) is 92.2 Å². The van der Waals surface area contributed by atoms with Gasteiger partial charge in [0.2, 0.25) is 5.79 Å². The number of methoxy groups -OCH3 is 3. The minimum Gasteiger partial charge on any atom is -0.456 e. The van der Waals surface area contributed by atoms with E-state index in [-0.39, 0.29) is 99.5 Å². The summed E-state index contributed by atoms with van der Waals surface area (Å²) in [5.74, 6) is 108. The number of hydrogen-bond acceptors (Lipinski definition) is 25. The zero-order valence-electron chi connectivity index (χ0n) is 68.9. The van der Waals surface area contributed by atoms with Crippen LogP contribution in [0.4, 0.5) is 0 Å². The van der Waals surface area contributed by atoms with Crippen molar-refractivity contribution in [3.8, 4) is 272 Å². The summed E-state index contributed by atoms with van der Waals surface area (Å²) >= 11 is 0. The molecule has 0 unspecified atom stereocenters. The minimum atomic E-state index is -2.51. The standard InChI is InChI=1S/C48H77NO12.C48H6.H3NO12.35H2/c1-10-11-12-13-14-17-35-23-29(2)22-30(3)24-41(58-8)44-42(59-9)26-32(5)48(56,61-44)45(53)46(54)49-21-16-15-18-36(49)47(55)60-43(33(6)38(51)28-39(35)52)31(4)25-34-19-20-37(50)40(27-34)57-7;1-3-5-7-9-11-13-15-17-19-21-23-25-27-29-31-33-35-37-39-41-43-45-47-48-46-44-42-40-38-36-34-32-30-28-26-24-22-20-18-16-14-12-10-8-6-4-2;2-6-10-12-8-4-1-5-9-13-11-7-3;;;;;;;;;;;;;;;;;;;;;;;;;;;;;;;;;;;/h13-14,23,25,30,32-38,40-44,50-51,56H,10-12,15-22,24,26-28H2,1-9H3;1-2H3;1-3H;35*1H/b14-13+,29-23+,31-25+;;;;;;;;;;;;;;;;;;;;;;;;;;;;;;;;;;;;;/t30-,32+,33+,34-,35+,36-,37+,38-,40+,41-,42-,43+,44+,48+;;;;;;;;;;;;;;;;;;;;;;;;;;;;;;;;;;;;;/m0...................................../s1. The number of carbonyl (C=O) groups excluding carboxylic acids is 4. The van der Waals surface area contributed by atoms with Crippen LogP contribution in [-0.2, 0) is 93.1 Å². The molecule has 1 amide bonds. The Bertz CT molecular complexity index is 5190. The Morgan fingerprint density at radius 2 is 0.959 bits per heavy atom. The topological polar surface area (TPSA) is 323 Å². The Hall–Kier alpha value is -13.4. The van der Waals surface area contributed by atoms with Crippen molar-refractivity contribution in [1.82, 2.24) is 10.5 Å². The highest BCUT2D eigenvalue weighted by molar-refractivity contribution is 6.39. The van der Waals surface area contributed by atoms with E-state index in [1.807, 2.05) is 32.1 Å². The van der Waals surface area contributed by atoms with E-state index >= 15 is 0 Å². The van der Waals surface area contributed by atoms with Crippen molar-refractivity contribution in [1.29, 1.82) is 0 Å². The van der Waals surface area contributed by atoms with Gasteiger partial charge in [0.25, 0.3) is 11.7 Å². The van der Waals surface area contributed by atoms with E-state index in [1.165, 1.54) is 24.8 Å². The maximum Gasteiger partial charge on any atom is 0.329 e. The first-order valence-electron chi connectivity index (χ1n) is 37.3. The number of rotatable bonds is 20. The molecule has 0 aromatic rings. The number of aliphatic hydroxyl groups is 3. The minimum absolute atomic E-state index is 0. The summed E-state index contributed by atoms with van der Waals surface area (Å²) in [5, 5.41) is 75.3. The molecule has 0 spiro atoms. The van der Waals surface area contributed by atoms with Crippen molar-refractivity contribution >= 4 is 23.4 Å². The van der Waals surface area contributed by atoms with Gasteiger partial charge >= 0.3 is 5.97 Å². The van der Waals surface area contributed by atoms with Gasteiger partial charge in [-0.05, 0) is 256 Å². The summed E-state index contributed by atoms with van der Waals surface area (Å²) in [6.45, 7) is 14.9. The lowest BCUT2D eigenvalue weighted by atomic mass is 9.81. The highest BCUT2D eigenvalue weighted by atomic mass is 17.9. The van der Waals surface area contributed by atoms with Crippen molar-refractivity contribution in [2.75, 3.05) is 27.9 Å². The number of fused-ring (bicyclic) bond motifs is 3. The van der Waals surface area contributed by atoms with Crippen LogP contribution >= 0.6 is 0 Å². The van der Waals surface area contributed by atoms with E-state index in [0.717, 1.165) is 24.8 Å². The van der Waals surface area contributed by atoms with Crippen LogP contribution in [0, 0.1) is 302 Å². The molecule has 4 aliphatic rings. The summed E-state index contributed by atoms with van der Waals surface area (Å²) in [6, 6.07) is -1.14. The molecule has 26 heteroatoms. The Morgan fingerprint density at radius 3 is 1.36 bits per heavy atom. The van der Waals surface area contributed by atoms with E-state index in [2.05, 4.69) is 343 Å². The Balaban J connectivity index is -0.0000000454. The van der Waals surface area contributed by atoms with Crippen molar-refractivity contribution in [2.45, 2.75) is 200 Å². The van der Waals surface area contributed by atoms with E-state index in [9.17, 15) is 34.5 Å². The number of nitrogens with zero attached hydrogens (tertiary/aromatic N) is 1. The predicted molar refractivity (Wildman–Crippen MR) is 514 cm³/mol. The summed E-state index contributed by atoms with van der Waals surface area (Å²) in [7, 11) is 4.65. The van der Waals surface area contributed by atoms with Crippen molar-refractivity contribution in [2.24, 2.45) is 29.6 Å². The first-order valence-corrected chi connectivity index (χ1v) is 37.3. The third-order valence-electron chi connectivity index (χ3n) is 17.0. The summed E-state index contributed by atoms with van der Waals surface area (Å²) in [5.41, 5.74) is 3.03. The lowest BCUT2D eigenvalue weighted by Crippen LogP contribution is -2.64. The predicted octanol–water partition coefficient (Wildman–Crippen LogP) is 14.8. The first kappa shape index (κ1) is 105. The van der Waals surface area contributed by atoms with Crippen LogP contribution in [0.5, 0.6) is 0 Å². The summed E-state index contributed by atoms with van der Waals surface area (Å²) < 4.78 is 30.0. The molecule has 694 valence electrons. The molecule has 3 fully saturated rings. The van der Waals surface area contributed by atoms with E-state index in [4.69, 9.17) is 34.2 Å². The van der Waals surface area contributed by atoms with Gasteiger partial charge in [-0.25, -0.2) is 15.3 Å². The molecule has 0 radical (unpaired) electrons. The van der Waals surface area contributed by atoms with Gasteiger partial charge in [-0.3, -0.25) is 14.4 Å². The van der Waals surface area contributed by atoms with Crippen LogP contribution in [0.3, 0.4) is 0 Å². The van der Waals surface area contributed by atoms with Crippen molar-refractivity contribution < 1.29 is 169 Å². The average Bonchev–Trinajstić information content (AvgIpc) is 0.857. The maximum absolute atomic E-state index is 14.4. The molecule has 14 atom stereocenters. The molecule has 0 aromatic heterocycles. The largest absolute Gasteiger partial charge is 0.456 e. The molecule has 3 heterocycles. The van der Waals surface area contributed by atoms with E-state index in [1.54, 1.807) is 34.8 Å². The lowest BCUT2D eigenvalue weighted by Gasteiger charge is -2.47. The van der Waals surface area contributed by atoms with E-state index < -0.39 is 83.9 Å². The maximum atomic E-state index is 14.4. The number of aliphatic hydroxyl groups excluding tert-OH is 2. The first-order chi connectivity index (χ1) is 59.3. The molecular formula is C96H156N2O24. The fourth-order valence-electron chi connectivity index (χ4n) is 11.5. The fourth-order valence-corrected chi connectivity index (χ4v) is 11.5. The molecule has 3 aliphatic heterocycles. The number of ketones is 2. The number of carbonyl (C=O) groups is 4. The highest BCUT2D eigenvalue weighted by Gasteiger charge is 2.57. The molecule has 1 aliphatic carbocycles. The monoisotopic (exact) mass is 1720 g/mol. The third kappa shape index (κ3) is 46.7. The molecule has 4 rings (SSSR count). The van der Waals surface area contributed by atoms with E-state index in [0.29, 0.717) is 56.9 Å². The lowest BCUT2D eigenvalue weighted by molar-refractivity contribution is -0.792. The second-order valence-corrected chi connectivity index (χ2v) is 25.4. The number of nitrogens with one attached hydrogen (secondary N) is 1. The van der Waals surface area contributed by atoms with Gasteiger partial charge in [0, 0.05) is 268 Å². The van der Waals surface area contributed by atoms with Crippen LogP contribution in [0.2, 0.25) is 0 Å². The van der Waals surface area contributed by atoms with Gasteiger partial charge in [0.05, 0.1) is 30.5 Å². The molecule has 2 bridgehead atoms. The molecule has 6 N–H and O–H groups in total. The van der Waals surface area contributed by atoms with Crippen LogP contribution in [0.15, 0.2) is 35.5 Å². The number of piperidine rings is 1. The second kappa shape index (κ2) is 68.5. The molecule has 122 heavy (non-hydrogen) atoms.